The summed E-state index contributed by atoms with van der Waals surface area (Å²) in [5, 5.41) is 2.54. The Bertz CT molecular complexity index is 518. The molecule has 0 bridgehead atoms. The number of halogens is 3. The van der Waals surface area contributed by atoms with Gasteiger partial charge in [0.15, 0.2) is 0 Å². The number of amides is 1. The number of carbonyl (C=O) groups is 1. The van der Waals surface area contributed by atoms with Crippen molar-refractivity contribution in [2.45, 2.75) is 38.7 Å². The fourth-order valence-electron chi connectivity index (χ4n) is 1.71. The summed E-state index contributed by atoms with van der Waals surface area (Å²) >= 11 is 3.11. The van der Waals surface area contributed by atoms with Crippen molar-refractivity contribution < 1.29 is 23.0 Å². The van der Waals surface area contributed by atoms with Crippen LogP contribution in [0.5, 0.6) is 0 Å². The van der Waals surface area contributed by atoms with E-state index >= 15 is 0 Å². The first-order valence-corrected chi connectivity index (χ1v) is 8.08. The Hall–Kier alpha value is -1.21. The summed E-state index contributed by atoms with van der Waals surface area (Å²) in [5.74, 6) is -3.07. The van der Waals surface area contributed by atoms with Gasteiger partial charge in [-0.1, -0.05) is 34.1 Å². The number of alkyl halides is 2. The van der Waals surface area contributed by atoms with Gasteiger partial charge in [0.05, 0.1) is 0 Å². The van der Waals surface area contributed by atoms with Crippen LogP contribution in [0.1, 0.15) is 32.8 Å². The zero-order valence-corrected chi connectivity index (χ0v) is 15.1. The van der Waals surface area contributed by atoms with E-state index in [4.69, 9.17) is 9.47 Å². The van der Waals surface area contributed by atoms with Gasteiger partial charge >= 0.3 is 6.09 Å². The standard InChI is InChI=1S/C16H22BrF2NO3/c1-15(2,3)23-14(21)20-9-6-10-22-11-16(18,19)12-7-4-5-8-13(12)17/h4-5,7-8H,6,9-11H2,1-3H3,(H,20,21). The lowest BCUT2D eigenvalue weighted by Crippen LogP contribution is -2.33. The van der Waals surface area contributed by atoms with E-state index in [9.17, 15) is 13.6 Å². The van der Waals surface area contributed by atoms with Crippen molar-refractivity contribution in [2.24, 2.45) is 0 Å². The molecule has 0 spiro atoms. The number of nitrogens with one attached hydrogen (secondary N) is 1. The summed E-state index contributed by atoms with van der Waals surface area (Å²) in [6, 6.07) is 6.15. The zero-order chi connectivity index (χ0) is 17.5. The average molecular weight is 394 g/mol. The van der Waals surface area contributed by atoms with E-state index in [-0.39, 0.29) is 12.2 Å². The second-order valence-corrected chi connectivity index (χ2v) is 6.87. The van der Waals surface area contributed by atoms with Crippen molar-refractivity contribution >= 4 is 22.0 Å². The van der Waals surface area contributed by atoms with Gasteiger partial charge in [-0.2, -0.15) is 8.78 Å². The molecule has 0 aliphatic rings. The molecule has 0 atom stereocenters. The molecule has 1 aromatic carbocycles. The van der Waals surface area contributed by atoms with Crippen LogP contribution in [0.3, 0.4) is 0 Å². The van der Waals surface area contributed by atoms with Gasteiger partial charge in [0.2, 0.25) is 0 Å². The minimum absolute atomic E-state index is 0.105. The Kier molecular flexibility index (Phi) is 7.41. The third-order valence-electron chi connectivity index (χ3n) is 2.68. The molecule has 0 radical (unpaired) electrons. The summed E-state index contributed by atoms with van der Waals surface area (Å²) < 4.78 is 38.4. The van der Waals surface area contributed by atoms with Crippen LogP contribution in [-0.2, 0) is 15.4 Å². The lowest BCUT2D eigenvalue weighted by Gasteiger charge is -2.20. The highest BCUT2D eigenvalue weighted by Gasteiger charge is 2.33. The molecule has 1 amide bonds. The molecule has 0 saturated heterocycles. The molecule has 0 aromatic heterocycles. The van der Waals surface area contributed by atoms with Crippen molar-refractivity contribution in [3.63, 3.8) is 0 Å². The van der Waals surface area contributed by atoms with Gasteiger partial charge in [0, 0.05) is 23.2 Å². The van der Waals surface area contributed by atoms with Crippen molar-refractivity contribution in [1.29, 1.82) is 0 Å². The van der Waals surface area contributed by atoms with Crippen LogP contribution in [-0.4, -0.2) is 31.5 Å². The SMILES string of the molecule is CC(C)(C)OC(=O)NCCCOCC(F)(F)c1ccccc1Br. The van der Waals surface area contributed by atoms with Crippen LogP contribution in [0.25, 0.3) is 0 Å². The Labute approximate surface area is 143 Å². The predicted octanol–water partition coefficient (Wildman–Crippen LogP) is 4.47. The van der Waals surface area contributed by atoms with Gasteiger partial charge in [-0.05, 0) is 33.3 Å². The van der Waals surface area contributed by atoms with Crippen molar-refractivity contribution in [3.8, 4) is 0 Å². The van der Waals surface area contributed by atoms with Crippen molar-refractivity contribution in [3.05, 3.63) is 34.3 Å². The summed E-state index contributed by atoms with van der Waals surface area (Å²) in [6.07, 6.45) is -0.110. The second-order valence-electron chi connectivity index (χ2n) is 6.02. The number of benzene rings is 1. The first kappa shape index (κ1) is 19.8. The monoisotopic (exact) mass is 393 g/mol. The van der Waals surface area contributed by atoms with Gasteiger partial charge in [0.1, 0.15) is 12.2 Å². The smallest absolute Gasteiger partial charge is 0.407 e. The van der Waals surface area contributed by atoms with E-state index in [1.807, 2.05) is 0 Å². The molecule has 7 heteroatoms. The van der Waals surface area contributed by atoms with Crippen molar-refractivity contribution in [2.75, 3.05) is 19.8 Å². The molecular weight excluding hydrogens is 372 g/mol. The maximum Gasteiger partial charge on any atom is 0.407 e. The Morgan fingerprint density at radius 1 is 1.26 bits per heavy atom. The van der Waals surface area contributed by atoms with Gasteiger partial charge in [-0.25, -0.2) is 4.79 Å². The Morgan fingerprint density at radius 3 is 2.52 bits per heavy atom. The second kappa shape index (κ2) is 8.59. The van der Waals surface area contributed by atoms with E-state index in [2.05, 4.69) is 21.2 Å². The zero-order valence-electron chi connectivity index (χ0n) is 13.5. The van der Waals surface area contributed by atoms with E-state index in [0.29, 0.717) is 17.4 Å². The molecule has 23 heavy (non-hydrogen) atoms. The number of hydrogen-bond acceptors (Lipinski definition) is 3. The summed E-state index contributed by atoms with van der Waals surface area (Å²) in [7, 11) is 0. The lowest BCUT2D eigenvalue weighted by molar-refractivity contribution is -0.0833. The molecule has 1 rings (SSSR count). The maximum atomic E-state index is 14.0. The quantitative estimate of drug-likeness (QED) is 0.695. The summed E-state index contributed by atoms with van der Waals surface area (Å²) in [6.45, 7) is 5.01. The highest BCUT2D eigenvalue weighted by Crippen LogP contribution is 2.33. The Balaban J connectivity index is 2.25. The third kappa shape index (κ3) is 7.74. The number of rotatable bonds is 7. The van der Waals surface area contributed by atoms with Gasteiger partial charge < -0.3 is 14.8 Å². The first-order valence-electron chi connectivity index (χ1n) is 7.29. The van der Waals surface area contributed by atoms with Crippen LogP contribution in [0.2, 0.25) is 0 Å². The molecule has 4 nitrogen and oxygen atoms in total. The number of carbonyl (C=O) groups excluding carboxylic acids is 1. The van der Waals surface area contributed by atoms with Crippen LogP contribution >= 0.6 is 15.9 Å². The molecule has 0 fully saturated rings. The van der Waals surface area contributed by atoms with Crippen LogP contribution in [0.15, 0.2) is 28.7 Å². The molecule has 1 aromatic rings. The van der Waals surface area contributed by atoms with Crippen LogP contribution in [0, 0.1) is 0 Å². The molecule has 0 saturated carbocycles. The largest absolute Gasteiger partial charge is 0.444 e. The molecule has 0 unspecified atom stereocenters. The summed E-state index contributed by atoms with van der Waals surface area (Å²) in [4.78, 5) is 11.4. The Morgan fingerprint density at radius 2 is 1.91 bits per heavy atom. The van der Waals surface area contributed by atoms with Crippen LogP contribution < -0.4 is 5.32 Å². The van der Waals surface area contributed by atoms with E-state index < -0.39 is 24.2 Å². The molecule has 0 heterocycles. The molecule has 130 valence electrons. The van der Waals surface area contributed by atoms with E-state index in [1.165, 1.54) is 6.07 Å². The van der Waals surface area contributed by atoms with Gasteiger partial charge in [-0.3, -0.25) is 0 Å². The topological polar surface area (TPSA) is 47.6 Å². The molecular formula is C16H22BrF2NO3. The molecule has 0 aliphatic heterocycles. The van der Waals surface area contributed by atoms with Gasteiger partial charge in [-0.15, -0.1) is 0 Å². The molecule has 1 N–H and O–H groups in total. The number of hydrogen-bond donors (Lipinski definition) is 1. The average Bonchev–Trinajstić information content (AvgIpc) is 2.41. The highest BCUT2D eigenvalue weighted by molar-refractivity contribution is 9.10. The highest BCUT2D eigenvalue weighted by atomic mass is 79.9. The minimum atomic E-state index is -3.07. The normalized spacial score (nSPS) is 12.1. The fraction of sp³-hybridized carbons (Fsp3) is 0.562. The fourth-order valence-corrected chi connectivity index (χ4v) is 2.29. The van der Waals surface area contributed by atoms with Crippen molar-refractivity contribution in [1.82, 2.24) is 5.32 Å². The number of alkyl carbamates (subject to hydrolysis) is 1. The van der Waals surface area contributed by atoms with Gasteiger partial charge in [0.25, 0.3) is 5.92 Å². The van der Waals surface area contributed by atoms with E-state index in [1.54, 1.807) is 39.0 Å². The maximum absolute atomic E-state index is 14.0. The third-order valence-corrected chi connectivity index (χ3v) is 3.38. The molecule has 0 aliphatic carbocycles. The first-order chi connectivity index (χ1) is 10.6. The number of ether oxygens (including phenoxy) is 2. The minimum Gasteiger partial charge on any atom is -0.444 e. The summed E-state index contributed by atoms with van der Waals surface area (Å²) in [5.41, 5.74) is -0.669. The van der Waals surface area contributed by atoms with Crippen LogP contribution in [0.4, 0.5) is 13.6 Å². The van der Waals surface area contributed by atoms with E-state index in [0.717, 1.165) is 0 Å². The lowest BCUT2D eigenvalue weighted by atomic mass is 10.1. The predicted molar refractivity (Wildman–Crippen MR) is 87.7 cm³/mol.